The molecule has 1 N–H and O–H groups in total. The van der Waals surface area contributed by atoms with Gasteiger partial charge in [-0.2, -0.15) is 0 Å². The van der Waals surface area contributed by atoms with Crippen LogP contribution in [0.1, 0.15) is 67.1 Å². The lowest BCUT2D eigenvalue weighted by Crippen LogP contribution is -2.24. The second-order valence-corrected chi connectivity index (χ2v) is 7.89. The molecule has 160 valence electrons. The van der Waals surface area contributed by atoms with Crippen molar-refractivity contribution in [2.45, 2.75) is 60.0 Å². The number of nitrogens with one attached hydrogen (secondary N) is 1. The Morgan fingerprint density at radius 2 is 1.90 bits per heavy atom. The second kappa shape index (κ2) is 10.3. The van der Waals surface area contributed by atoms with Gasteiger partial charge < -0.3 is 19.5 Å². The SMILES string of the molecule is COc1c(C)c2c(c(OC)c1CC=C(C)CCC(=O)NCCC(C)C)C(=O)OC2. The minimum absolute atomic E-state index is 0.0738. The van der Waals surface area contributed by atoms with Crippen molar-refractivity contribution in [3.63, 3.8) is 0 Å². The van der Waals surface area contributed by atoms with E-state index in [4.69, 9.17) is 14.2 Å². The van der Waals surface area contributed by atoms with Crippen molar-refractivity contribution in [3.8, 4) is 11.5 Å². The van der Waals surface area contributed by atoms with Crippen LogP contribution in [0.15, 0.2) is 11.6 Å². The number of amides is 1. The first-order valence-corrected chi connectivity index (χ1v) is 10.2. The number of benzene rings is 1. The standard InChI is InChI=1S/C23H33NO5/c1-14(2)11-12-24-19(25)10-8-15(3)7-9-17-21(27-5)16(4)18-13-29-23(26)20(18)22(17)28-6/h7,14H,8-13H2,1-6H3,(H,24,25). The van der Waals surface area contributed by atoms with Crippen molar-refractivity contribution < 1.29 is 23.8 Å². The summed E-state index contributed by atoms with van der Waals surface area (Å²) in [5.41, 5.74) is 4.15. The van der Waals surface area contributed by atoms with E-state index < -0.39 is 0 Å². The zero-order valence-electron chi connectivity index (χ0n) is 18.4. The highest BCUT2D eigenvalue weighted by Gasteiger charge is 2.32. The van der Waals surface area contributed by atoms with Crippen LogP contribution in [-0.2, 0) is 22.6 Å². The number of ether oxygens (including phenoxy) is 3. The Labute approximate surface area is 173 Å². The van der Waals surface area contributed by atoms with Gasteiger partial charge in [-0.25, -0.2) is 4.79 Å². The van der Waals surface area contributed by atoms with E-state index >= 15 is 0 Å². The molecule has 0 spiro atoms. The Balaban J connectivity index is 2.11. The molecule has 1 aliphatic rings. The molecule has 0 aromatic heterocycles. The van der Waals surface area contributed by atoms with E-state index in [1.807, 2.05) is 13.8 Å². The van der Waals surface area contributed by atoms with Gasteiger partial charge in [-0.3, -0.25) is 4.79 Å². The third-order valence-electron chi connectivity index (χ3n) is 5.28. The van der Waals surface area contributed by atoms with Crippen molar-refractivity contribution in [1.29, 1.82) is 0 Å². The van der Waals surface area contributed by atoms with Crippen LogP contribution in [0, 0.1) is 12.8 Å². The highest BCUT2D eigenvalue weighted by atomic mass is 16.5. The predicted molar refractivity (Wildman–Crippen MR) is 113 cm³/mol. The van der Waals surface area contributed by atoms with Crippen LogP contribution >= 0.6 is 0 Å². The van der Waals surface area contributed by atoms with Gasteiger partial charge in [0.2, 0.25) is 5.91 Å². The van der Waals surface area contributed by atoms with Crippen LogP contribution in [0.4, 0.5) is 0 Å². The zero-order chi connectivity index (χ0) is 21.6. The third-order valence-corrected chi connectivity index (χ3v) is 5.28. The van der Waals surface area contributed by atoms with E-state index in [2.05, 4.69) is 25.2 Å². The molecule has 1 aromatic rings. The number of carbonyl (C=O) groups excluding carboxylic acids is 2. The Kier molecular flexibility index (Phi) is 8.11. The van der Waals surface area contributed by atoms with E-state index in [0.29, 0.717) is 36.5 Å². The molecule has 29 heavy (non-hydrogen) atoms. The fourth-order valence-electron chi connectivity index (χ4n) is 3.51. The molecule has 6 heteroatoms. The van der Waals surface area contributed by atoms with Gasteiger partial charge in [0, 0.05) is 24.1 Å². The first-order valence-electron chi connectivity index (χ1n) is 10.2. The maximum Gasteiger partial charge on any atom is 0.342 e. The van der Waals surface area contributed by atoms with Gasteiger partial charge in [0.15, 0.2) is 0 Å². The maximum absolute atomic E-state index is 12.2. The fourth-order valence-corrected chi connectivity index (χ4v) is 3.51. The summed E-state index contributed by atoms with van der Waals surface area (Å²) in [4.78, 5) is 24.2. The second-order valence-electron chi connectivity index (χ2n) is 7.89. The average molecular weight is 404 g/mol. The number of hydrogen-bond donors (Lipinski definition) is 1. The van der Waals surface area contributed by atoms with Gasteiger partial charge in [0.25, 0.3) is 0 Å². The Bertz CT molecular complexity index is 795. The largest absolute Gasteiger partial charge is 0.496 e. The van der Waals surface area contributed by atoms with Gasteiger partial charge in [0.05, 0.1) is 14.2 Å². The predicted octanol–water partition coefficient (Wildman–Crippen LogP) is 4.11. The minimum Gasteiger partial charge on any atom is -0.496 e. The topological polar surface area (TPSA) is 73.9 Å². The normalized spacial score (nSPS) is 13.3. The number of methoxy groups -OCH3 is 2. The summed E-state index contributed by atoms with van der Waals surface area (Å²) in [6.07, 6.45) is 4.75. The molecular formula is C23H33NO5. The lowest BCUT2D eigenvalue weighted by atomic mass is 9.94. The van der Waals surface area contributed by atoms with Gasteiger partial charge in [-0.05, 0) is 44.6 Å². The van der Waals surface area contributed by atoms with E-state index in [9.17, 15) is 9.59 Å². The van der Waals surface area contributed by atoms with Gasteiger partial charge >= 0.3 is 5.97 Å². The molecule has 6 nitrogen and oxygen atoms in total. The lowest BCUT2D eigenvalue weighted by molar-refractivity contribution is -0.121. The Morgan fingerprint density at radius 1 is 1.21 bits per heavy atom. The molecule has 0 bridgehead atoms. The van der Waals surface area contributed by atoms with Crippen molar-refractivity contribution >= 4 is 11.9 Å². The quantitative estimate of drug-likeness (QED) is 0.470. The Morgan fingerprint density at radius 3 is 2.52 bits per heavy atom. The third kappa shape index (κ3) is 5.52. The summed E-state index contributed by atoms with van der Waals surface area (Å²) in [7, 11) is 3.17. The molecule has 1 heterocycles. The van der Waals surface area contributed by atoms with E-state index in [1.165, 1.54) is 0 Å². The smallest absolute Gasteiger partial charge is 0.342 e. The molecular weight excluding hydrogens is 370 g/mol. The van der Waals surface area contributed by atoms with Crippen LogP contribution in [0.25, 0.3) is 0 Å². The van der Waals surface area contributed by atoms with Crippen LogP contribution in [-0.4, -0.2) is 32.6 Å². The first-order chi connectivity index (χ1) is 13.8. The maximum atomic E-state index is 12.2. The molecule has 0 saturated heterocycles. The van der Waals surface area contributed by atoms with Gasteiger partial charge in [-0.1, -0.05) is 25.5 Å². The summed E-state index contributed by atoms with van der Waals surface area (Å²) in [6, 6.07) is 0. The van der Waals surface area contributed by atoms with Crippen molar-refractivity contribution in [2.24, 2.45) is 5.92 Å². The molecule has 2 rings (SSSR count). The van der Waals surface area contributed by atoms with Crippen molar-refractivity contribution in [2.75, 3.05) is 20.8 Å². The number of rotatable bonds is 10. The molecule has 0 unspecified atom stereocenters. The van der Waals surface area contributed by atoms with E-state index in [1.54, 1.807) is 14.2 Å². The number of hydrogen-bond acceptors (Lipinski definition) is 5. The van der Waals surface area contributed by atoms with Crippen molar-refractivity contribution in [1.82, 2.24) is 5.32 Å². The van der Waals surface area contributed by atoms with E-state index in [0.717, 1.165) is 41.0 Å². The number of fused-ring (bicyclic) bond motifs is 1. The average Bonchev–Trinajstić information content (AvgIpc) is 3.06. The molecule has 0 aliphatic carbocycles. The number of esters is 1. The summed E-state index contributed by atoms with van der Waals surface area (Å²) in [6.45, 7) is 9.19. The molecule has 0 atom stereocenters. The number of cyclic esters (lactones) is 1. The summed E-state index contributed by atoms with van der Waals surface area (Å²) in [5, 5.41) is 2.96. The highest BCUT2D eigenvalue weighted by molar-refractivity contribution is 5.98. The zero-order valence-corrected chi connectivity index (χ0v) is 18.4. The van der Waals surface area contributed by atoms with Crippen LogP contribution in [0.3, 0.4) is 0 Å². The molecule has 1 aliphatic heterocycles. The molecule has 0 fully saturated rings. The highest BCUT2D eigenvalue weighted by Crippen LogP contribution is 2.42. The van der Waals surface area contributed by atoms with E-state index in [-0.39, 0.29) is 18.5 Å². The summed E-state index contributed by atoms with van der Waals surface area (Å²) < 4.78 is 16.4. The fraction of sp³-hybridized carbons (Fsp3) is 0.565. The first kappa shape index (κ1) is 22.8. The molecule has 0 saturated carbocycles. The lowest BCUT2D eigenvalue weighted by Gasteiger charge is -2.18. The van der Waals surface area contributed by atoms with Gasteiger partial charge in [-0.15, -0.1) is 0 Å². The molecule has 1 aromatic carbocycles. The minimum atomic E-state index is -0.359. The monoisotopic (exact) mass is 403 g/mol. The molecule has 0 radical (unpaired) electrons. The van der Waals surface area contributed by atoms with Crippen molar-refractivity contribution in [3.05, 3.63) is 33.9 Å². The summed E-state index contributed by atoms with van der Waals surface area (Å²) in [5.74, 6) is 1.53. The summed E-state index contributed by atoms with van der Waals surface area (Å²) >= 11 is 0. The van der Waals surface area contributed by atoms with Crippen LogP contribution in [0.5, 0.6) is 11.5 Å². The number of allylic oxidation sites excluding steroid dienone is 2. The molecule has 1 amide bonds. The van der Waals surface area contributed by atoms with Gasteiger partial charge in [0.1, 0.15) is 23.7 Å². The number of carbonyl (C=O) groups is 2. The van der Waals surface area contributed by atoms with Crippen LogP contribution < -0.4 is 14.8 Å². The van der Waals surface area contributed by atoms with Crippen LogP contribution in [0.2, 0.25) is 0 Å². The Hall–Kier alpha value is -2.50.